The summed E-state index contributed by atoms with van der Waals surface area (Å²) in [7, 11) is -3.88. The van der Waals surface area contributed by atoms with Crippen molar-refractivity contribution in [3.8, 4) is 11.5 Å². The number of amides is 1. The van der Waals surface area contributed by atoms with E-state index < -0.39 is 33.7 Å². The minimum absolute atomic E-state index is 0.113. The molecule has 11 heteroatoms. The monoisotopic (exact) mass is 505 g/mol. The number of halogens is 3. The largest absolute Gasteiger partial charge is 0.457 e. The highest BCUT2D eigenvalue weighted by Gasteiger charge is 2.30. The van der Waals surface area contributed by atoms with Crippen LogP contribution in [0.3, 0.4) is 0 Å². The molecule has 7 nitrogen and oxygen atoms in total. The summed E-state index contributed by atoms with van der Waals surface area (Å²) in [5.74, 6) is 0.297. The van der Waals surface area contributed by atoms with Gasteiger partial charge in [-0.15, -0.1) is 0 Å². The first kappa shape index (κ1) is 25.8. The van der Waals surface area contributed by atoms with Crippen molar-refractivity contribution in [1.82, 2.24) is 5.43 Å². The van der Waals surface area contributed by atoms with Gasteiger partial charge in [0.2, 0.25) is 10.0 Å². The standard InChI is InChI=1S/C24H22F3N3O4S/c1-17(23(31)29-28-16-18-7-6-8-19(15-18)24(25,26)27)30(35(2,32)33)20-11-13-22(14-12-20)34-21-9-4-3-5-10-21/h3-17H,1-2H3,(H,29,31)/b28-16-/t17-/m1/s1. The highest BCUT2D eigenvalue weighted by molar-refractivity contribution is 7.92. The Morgan fingerprint density at radius 2 is 1.63 bits per heavy atom. The van der Waals surface area contributed by atoms with Crippen LogP contribution in [0.1, 0.15) is 18.1 Å². The number of benzene rings is 3. The van der Waals surface area contributed by atoms with E-state index in [1.807, 2.05) is 18.2 Å². The van der Waals surface area contributed by atoms with Gasteiger partial charge in [0.05, 0.1) is 23.7 Å². The van der Waals surface area contributed by atoms with E-state index in [-0.39, 0.29) is 11.3 Å². The molecule has 0 heterocycles. The fourth-order valence-electron chi connectivity index (χ4n) is 3.15. The van der Waals surface area contributed by atoms with E-state index in [9.17, 15) is 26.4 Å². The van der Waals surface area contributed by atoms with Crippen LogP contribution in [0.5, 0.6) is 11.5 Å². The SMILES string of the molecule is C[C@H](C(=O)N/N=C\c1cccc(C(F)(F)F)c1)N(c1ccc(Oc2ccccc2)cc1)S(C)(=O)=O. The molecule has 0 bridgehead atoms. The van der Waals surface area contributed by atoms with Crippen LogP contribution in [0.2, 0.25) is 0 Å². The number of rotatable bonds is 8. The average molecular weight is 506 g/mol. The summed E-state index contributed by atoms with van der Waals surface area (Å²) in [5, 5.41) is 3.67. The molecule has 0 aliphatic heterocycles. The first-order valence-corrected chi connectivity index (χ1v) is 12.1. The molecular weight excluding hydrogens is 483 g/mol. The van der Waals surface area contributed by atoms with Gasteiger partial charge in [-0.3, -0.25) is 9.10 Å². The molecule has 0 unspecified atom stereocenters. The number of carbonyl (C=O) groups excluding carboxylic acids is 1. The number of sulfonamides is 1. The van der Waals surface area contributed by atoms with Gasteiger partial charge in [0.1, 0.15) is 17.5 Å². The lowest BCUT2D eigenvalue weighted by molar-refractivity contribution is -0.137. The molecule has 0 spiro atoms. The quantitative estimate of drug-likeness (QED) is 0.352. The van der Waals surface area contributed by atoms with E-state index in [1.165, 1.54) is 31.2 Å². The van der Waals surface area contributed by atoms with Gasteiger partial charge < -0.3 is 4.74 Å². The molecule has 0 saturated carbocycles. The number of carbonyl (C=O) groups is 1. The van der Waals surface area contributed by atoms with E-state index in [1.54, 1.807) is 24.3 Å². The van der Waals surface area contributed by atoms with Gasteiger partial charge in [-0.05, 0) is 61.0 Å². The second-order valence-electron chi connectivity index (χ2n) is 7.50. The lowest BCUT2D eigenvalue weighted by atomic mass is 10.1. The Morgan fingerprint density at radius 3 is 2.23 bits per heavy atom. The lowest BCUT2D eigenvalue weighted by Gasteiger charge is -2.27. The second-order valence-corrected chi connectivity index (χ2v) is 9.36. The van der Waals surface area contributed by atoms with Gasteiger partial charge >= 0.3 is 6.18 Å². The fraction of sp³-hybridized carbons (Fsp3) is 0.167. The minimum atomic E-state index is -4.51. The van der Waals surface area contributed by atoms with Crippen molar-refractivity contribution in [1.29, 1.82) is 0 Å². The predicted octanol–water partition coefficient (Wildman–Crippen LogP) is 4.80. The van der Waals surface area contributed by atoms with E-state index in [4.69, 9.17) is 4.74 Å². The van der Waals surface area contributed by atoms with Crippen LogP contribution in [0.15, 0.2) is 84.0 Å². The fourth-order valence-corrected chi connectivity index (χ4v) is 4.33. The Kier molecular flexibility index (Phi) is 7.80. The molecule has 3 aromatic carbocycles. The summed E-state index contributed by atoms with van der Waals surface area (Å²) in [5.41, 5.74) is 1.65. The van der Waals surface area contributed by atoms with Crippen LogP contribution in [0, 0.1) is 0 Å². The van der Waals surface area contributed by atoms with Gasteiger partial charge in [-0.25, -0.2) is 13.8 Å². The van der Waals surface area contributed by atoms with E-state index in [2.05, 4.69) is 10.5 Å². The third kappa shape index (κ3) is 7.06. The van der Waals surface area contributed by atoms with Crippen molar-refractivity contribution >= 4 is 27.8 Å². The smallest absolute Gasteiger partial charge is 0.416 e. The third-order valence-electron chi connectivity index (χ3n) is 4.76. The van der Waals surface area contributed by atoms with Crippen molar-refractivity contribution in [3.05, 3.63) is 90.0 Å². The molecule has 0 fully saturated rings. The van der Waals surface area contributed by atoms with Gasteiger partial charge in [0, 0.05) is 0 Å². The average Bonchev–Trinajstić information content (AvgIpc) is 2.80. The number of para-hydroxylation sites is 1. The molecule has 0 aliphatic carbocycles. The molecule has 3 rings (SSSR count). The zero-order chi connectivity index (χ0) is 25.6. The summed E-state index contributed by atoms with van der Waals surface area (Å²) in [6, 6.07) is 18.3. The van der Waals surface area contributed by atoms with E-state index >= 15 is 0 Å². The minimum Gasteiger partial charge on any atom is -0.457 e. The van der Waals surface area contributed by atoms with E-state index in [0.717, 1.165) is 28.9 Å². The van der Waals surface area contributed by atoms with Gasteiger partial charge in [-0.1, -0.05) is 30.3 Å². The maximum Gasteiger partial charge on any atom is 0.416 e. The van der Waals surface area contributed by atoms with Gasteiger partial charge in [-0.2, -0.15) is 18.3 Å². The summed E-state index contributed by atoms with van der Waals surface area (Å²) < 4.78 is 70.0. The van der Waals surface area contributed by atoms with Gasteiger partial charge in [0.15, 0.2) is 0 Å². The summed E-state index contributed by atoms with van der Waals surface area (Å²) in [6.07, 6.45) is -2.52. The Labute approximate surface area is 200 Å². The number of anilines is 1. The topological polar surface area (TPSA) is 88.1 Å². The first-order chi connectivity index (χ1) is 16.4. The Hall–Kier alpha value is -3.86. The number of hydrogen-bond donors (Lipinski definition) is 1. The Balaban J connectivity index is 1.72. The zero-order valence-corrected chi connectivity index (χ0v) is 19.5. The van der Waals surface area contributed by atoms with Gasteiger partial charge in [0.25, 0.3) is 5.91 Å². The summed E-state index contributed by atoms with van der Waals surface area (Å²) in [6.45, 7) is 1.37. The highest BCUT2D eigenvalue weighted by Crippen LogP contribution is 2.29. The number of nitrogens with zero attached hydrogens (tertiary/aromatic N) is 2. The molecule has 0 radical (unpaired) electrons. The van der Waals surface area contributed by atoms with Crippen LogP contribution in [-0.4, -0.2) is 32.8 Å². The van der Waals surface area contributed by atoms with Crippen LogP contribution in [0.4, 0.5) is 18.9 Å². The Morgan fingerprint density at radius 1 is 1.00 bits per heavy atom. The number of ether oxygens (including phenoxy) is 1. The zero-order valence-electron chi connectivity index (χ0n) is 18.7. The van der Waals surface area contributed by atoms with Crippen molar-refractivity contribution < 1.29 is 31.1 Å². The lowest BCUT2D eigenvalue weighted by Crippen LogP contribution is -2.46. The number of alkyl halides is 3. The molecular formula is C24H22F3N3O4S. The van der Waals surface area contributed by atoms with Crippen molar-refractivity contribution in [2.75, 3.05) is 10.6 Å². The molecule has 1 N–H and O–H groups in total. The first-order valence-electron chi connectivity index (χ1n) is 10.3. The molecule has 35 heavy (non-hydrogen) atoms. The normalized spacial score (nSPS) is 12.8. The maximum atomic E-state index is 12.8. The molecule has 0 aliphatic rings. The van der Waals surface area contributed by atoms with Crippen molar-refractivity contribution in [2.24, 2.45) is 5.10 Å². The molecule has 1 atom stereocenters. The van der Waals surface area contributed by atoms with Crippen LogP contribution >= 0.6 is 0 Å². The molecule has 0 saturated heterocycles. The summed E-state index contributed by atoms with van der Waals surface area (Å²) in [4.78, 5) is 12.6. The molecule has 1 amide bonds. The predicted molar refractivity (Wildman–Crippen MR) is 127 cm³/mol. The summed E-state index contributed by atoms with van der Waals surface area (Å²) >= 11 is 0. The highest BCUT2D eigenvalue weighted by atomic mass is 32.2. The number of hydrogen-bond acceptors (Lipinski definition) is 5. The number of nitrogens with one attached hydrogen (secondary N) is 1. The second kappa shape index (κ2) is 10.6. The Bertz CT molecular complexity index is 1300. The van der Waals surface area contributed by atoms with Crippen LogP contribution in [-0.2, 0) is 21.0 Å². The molecule has 3 aromatic rings. The van der Waals surface area contributed by atoms with Crippen molar-refractivity contribution in [3.63, 3.8) is 0 Å². The molecule has 184 valence electrons. The van der Waals surface area contributed by atoms with Crippen molar-refractivity contribution in [2.45, 2.75) is 19.1 Å². The maximum absolute atomic E-state index is 12.8. The van der Waals surface area contributed by atoms with Crippen LogP contribution in [0.25, 0.3) is 0 Å². The number of hydrazone groups is 1. The third-order valence-corrected chi connectivity index (χ3v) is 6.00. The van der Waals surface area contributed by atoms with Crippen LogP contribution < -0.4 is 14.5 Å². The van der Waals surface area contributed by atoms with E-state index in [0.29, 0.717) is 11.5 Å². The molecule has 0 aromatic heterocycles.